The number of hydrogen-bond donors (Lipinski definition) is 1. The van der Waals surface area contributed by atoms with Crippen LogP contribution in [0.3, 0.4) is 0 Å². The smallest absolute Gasteiger partial charge is 0.278 e. The minimum absolute atomic E-state index is 0.0680. The minimum atomic E-state index is -1.33. The van der Waals surface area contributed by atoms with Crippen molar-refractivity contribution in [2.75, 3.05) is 26.9 Å². The first kappa shape index (κ1) is 19.1. The lowest BCUT2D eigenvalue weighted by molar-refractivity contribution is -0.884. The molecule has 0 saturated carbocycles. The number of carboxylic acid groups (broad SMARTS) is 1. The molecule has 7 heteroatoms. The number of nitrogens with two attached hydrogens (primary N) is 1. The van der Waals surface area contributed by atoms with Gasteiger partial charge in [-0.1, -0.05) is 18.2 Å². The molecule has 0 aromatic heterocycles. The van der Waals surface area contributed by atoms with E-state index in [1.807, 2.05) is 21.1 Å². The second-order valence-electron chi connectivity index (χ2n) is 7.06. The molecule has 0 amide bonds. The van der Waals surface area contributed by atoms with Gasteiger partial charge >= 0.3 is 0 Å². The molecule has 2 aromatic rings. The van der Waals surface area contributed by atoms with E-state index in [1.54, 1.807) is 30.4 Å². The van der Waals surface area contributed by atoms with E-state index in [0.29, 0.717) is 22.2 Å². The Balaban J connectivity index is 2.36. The van der Waals surface area contributed by atoms with Crippen LogP contribution in [0.2, 0.25) is 0 Å². The van der Waals surface area contributed by atoms with Gasteiger partial charge in [0.1, 0.15) is 6.54 Å². The summed E-state index contributed by atoms with van der Waals surface area (Å²) in [6.45, 7) is 0.509. The van der Waals surface area contributed by atoms with E-state index < -0.39 is 5.97 Å². The van der Waals surface area contributed by atoms with E-state index in [0.717, 1.165) is 5.56 Å². The average Bonchev–Trinajstić information content (AvgIpc) is 2.52. The van der Waals surface area contributed by atoms with Gasteiger partial charge in [-0.2, -0.15) is 0 Å². The Labute approximate surface area is 151 Å². The molecule has 2 N–H and O–H groups in total. The predicted octanol–water partition coefficient (Wildman–Crippen LogP) is 1.92. The molecule has 0 spiro atoms. The Morgan fingerprint density at radius 3 is 2.23 bits per heavy atom. The Morgan fingerprint density at radius 1 is 1.12 bits per heavy atom. The van der Waals surface area contributed by atoms with Crippen LogP contribution in [0.5, 0.6) is 0 Å². The summed E-state index contributed by atoms with van der Waals surface area (Å²) in [6, 6.07) is 9.54. The van der Waals surface area contributed by atoms with Gasteiger partial charge in [-0.05, 0) is 35.4 Å². The quantitative estimate of drug-likeness (QED) is 0.280. The van der Waals surface area contributed by atoms with Crippen LogP contribution in [0.1, 0.15) is 27.0 Å². The molecule has 0 aliphatic rings. The van der Waals surface area contributed by atoms with Crippen LogP contribution < -0.4 is 10.8 Å². The van der Waals surface area contributed by atoms with Crippen molar-refractivity contribution < 1.29 is 19.3 Å². The van der Waals surface area contributed by atoms with E-state index in [-0.39, 0.29) is 21.9 Å². The van der Waals surface area contributed by atoms with E-state index in [1.165, 1.54) is 18.2 Å². The Hall–Kier alpha value is -3.19. The molecule has 0 saturated heterocycles. The molecular weight excluding hydrogens is 334 g/mol. The van der Waals surface area contributed by atoms with Gasteiger partial charge in [-0.3, -0.25) is 10.1 Å². The lowest BCUT2D eigenvalue weighted by Gasteiger charge is -2.23. The van der Waals surface area contributed by atoms with E-state index in [2.05, 4.69) is 0 Å². The number of nitrogens with zero attached hydrogens (tertiary/aromatic N) is 2. The van der Waals surface area contributed by atoms with Gasteiger partial charge in [0.25, 0.3) is 5.69 Å². The summed E-state index contributed by atoms with van der Waals surface area (Å²) >= 11 is 0. The maximum absolute atomic E-state index is 11.2. The Morgan fingerprint density at radius 2 is 1.69 bits per heavy atom. The van der Waals surface area contributed by atoms with Gasteiger partial charge in [-0.15, -0.1) is 0 Å². The van der Waals surface area contributed by atoms with Crippen molar-refractivity contribution >= 4 is 29.5 Å². The highest BCUT2D eigenvalue weighted by Crippen LogP contribution is 2.24. The second kappa shape index (κ2) is 7.37. The lowest BCUT2D eigenvalue weighted by atomic mass is 10.0. The van der Waals surface area contributed by atoms with Gasteiger partial charge in [-0.25, -0.2) is 0 Å². The van der Waals surface area contributed by atoms with Crippen LogP contribution in [0.15, 0.2) is 36.4 Å². The molecular formula is C19H21N3O4. The maximum Gasteiger partial charge on any atom is 0.278 e. The summed E-state index contributed by atoms with van der Waals surface area (Å²) < 4.78 is 0.556. The third kappa shape index (κ3) is 4.90. The zero-order valence-electron chi connectivity index (χ0n) is 14.9. The standard InChI is InChI=1S/C19H21N3O4/c1-22(2,3)12-15-10-13(7-9-18(15)21(25)26)4-5-14-6-8-17(20)16(11-14)19(23)24/h4-11H,12,20H2,1-3H3. The maximum atomic E-state index is 11.2. The summed E-state index contributed by atoms with van der Waals surface area (Å²) in [6.07, 6.45) is 3.50. The Kier molecular flexibility index (Phi) is 5.42. The molecule has 136 valence electrons. The number of aromatic carboxylic acids is 1. The fourth-order valence-electron chi connectivity index (χ4n) is 2.57. The largest absolute Gasteiger partial charge is 0.545 e. The highest BCUT2D eigenvalue weighted by atomic mass is 16.6. The summed E-state index contributed by atoms with van der Waals surface area (Å²) in [5, 5.41) is 22.3. The lowest BCUT2D eigenvalue weighted by Crippen LogP contribution is -2.33. The first-order valence-corrected chi connectivity index (χ1v) is 7.93. The fourth-order valence-corrected chi connectivity index (χ4v) is 2.57. The van der Waals surface area contributed by atoms with Crippen LogP contribution in [0.4, 0.5) is 11.4 Å². The minimum Gasteiger partial charge on any atom is -0.545 e. The van der Waals surface area contributed by atoms with Crippen LogP contribution in [-0.2, 0) is 6.54 Å². The van der Waals surface area contributed by atoms with Crippen molar-refractivity contribution in [3.8, 4) is 0 Å². The van der Waals surface area contributed by atoms with E-state index >= 15 is 0 Å². The number of benzene rings is 2. The number of carboxylic acids is 1. The molecule has 0 fully saturated rings. The first-order chi connectivity index (χ1) is 12.1. The fraction of sp³-hybridized carbons (Fsp3) is 0.211. The summed E-state index contributed by atoms with van der Waals surface area (Å²) in [7, 11) is 5.88. The number of hydrogen-bond acceptors (Lipinski definition) is 5. The molecule has 2 rings (SSSR count). The van der Waals surface area contributed by atoms with Crippen molar-refractivity contribution in [1.29, 1.82) is 0 Å². The van der Waals surface area contributed by atoms with Crippen LogP contribution in [-0.4, -0.2) is 36.5 Å². The van der Waals surface area contributed by atoms with Gasteiger partial charge in [0.15, 0.2) is 0 Å². The van der Waals surface area contributed by atoms with Crippen LogP contribution >= 0.6 is 0 Å². The van der Waals surface area contributed by atoms with Crippen molar-refractivity contribution in [2.24, 2.45) is 0 Å². The number of nitrogen functional groups attached to an aromatic ring is 1. The SMILES string of the molecule is C[N+](C)(C)Cc1cc(C=Cc2ccc(N)c(C(=O)[O-])c2)ccc1[N+](=O)[O-]. The molecule has 0 atom stereocenters. The highest BCUT2D eigenvalue weighted by molar-refractivity contribution is 5.93. The van der Waals surface area contributed by atoms with Crippen LogP contribution in [0, 0.1) is 10.1 Å². The summed E-state index contributed by atoms with van der Waals surface area (Å²) in [4.78, 5) is 21.9. The number of rotatable bonds is 6. The van der Waals surface area contributed by atoms with Crippen molar-refractivity contribution in [3.63, 3.8) is 0 Å². The average molecular weight is 355 g/mol. The molecule has 2 aromatic carbocycles. The topological polar surface area (TPSA) is 109 Å². The van der Waals surface area contributed by atoms with Gasteiger partial charge in [0, 0.05) is 17.3 Å². The number of nitro benzene ring substituents is 1. The first-order valence-electron chi connectivity index (χ1n) is 7.93. The Bertz CT molecular complexity index is 883. The van der Waals surface area contributed by atoms with Gasteiger partial charge in [0.2, 0.25) is 0 Å². The predicted molar refractivity (Wildman–Crippen MR) is 98.9 cm³/mol. The van der Waals surface area contributed by atoms with Gasteiger partial charge in [0.05, 0.1) is 37.6 Å². The molecule has 0 unspecified atom stereocenters. The van der Waals surface area contributed by atoms with E-state index in [4.69, 9.17) is 5.73 Å². The normalized spacial score (nSPS) is 11.7. The van der Waals surface area contributed by atoms with Crippen molar-refractivity contribution in [1.82, 2.24) is 0 Å². The third-order valence-corrected chi connectivity index (χ3v) is 3.71. The van der Waals surface area contributed by atoms with Crippen LogP contribution in [0.25, 0.3) is 12.2 Å². The van der Waals surface area contributed by atoms with Crippen molar-refractivity contribution in [2.45, 2.75) is 6.54 Å². The van der Waals surface area contributed by atoms with Gasteiger partial charge < -0.3 is 20.1 Å². The number of anilines is 1. The summed E-state index contributed by atoms with van der Waals surface area (Å²) in [5.41, 5.74) is 7.83. The summed E-state index contributed by atoms with van der Waals surface area (Å²) in [5.74, 6) is -1.33. The second-order valence-corrected chi connectivity index (χ2v) is 7.06. The van der Waals surface area contributed by atoms with Crippen molar-refractivity contribution in [3.05, 3.63) is 68.8 Å². The number of carbonyl (C=O) groups is 1. The number of quaternary nitrogens is 1. The number of carbonyl (C=O) groups excluding carboxylic acids is 1. The molecule has 7 nitrogen and oxygen atoms in total. The highest BCUT2D eigenvalue weighted by Gasteiger charge is 2.19. The third-order valence-electron chi connectivity index (χ3n) is 3.71. The molecule has 0 radical (unpaired) electrons. The zero-order chi connectivity index (χ0) is 19.5. The monoisotopic (exact) mass is 355 g/mol. The number of nitro groups is 1. The molecule has 0 aliphatic carbocycles. The molecule has 0 bridgehead atoms. The zero-order valence-corrected chi connectivity index (χ0v) is 14.9. The van der Waals surface area contributed by atoms with E-state index in [9.17, 15) is 20.0 Å². The molecule has 0 aliphatic heterocycles. The molecule has 0 heterocycles. The molecule has 26 heavy (non-hydrogen) atoms.